The van der Waals surface area contributed by atoms with Gasteiger partial charge in [0.05, 0.1) is 23.2 Å². The van der Waals surface area contributed by atoms with Gasteiger partial charge in [0.25, 0.3) is 5.56 Å². The number of fused-ring (bicyclic) bond motifs is 4. The van der Waals surface area contributed by atoms with E-state index in [0.29, 0.717) is 34.1 Å². The number of anilines is 1. The lowest BCUT2D eigenvalue weighted by molar-refractivity contribution is -0.113. The molecule has 0 fully saturated rings. The first-order valence-corrected chi connectivity index (χ1v) is 19.6. The predicted octanol–water partition coefficient (Wildman–Crippen LogP) is 9.25. The van der Waals surface area contributed by atoms with E-state index < -0.39 is 0 Å². The van der Waals surface area contributed by atoms with Gasteiger partial charge in [-0.1, -0.05) is 96.5 Å². The number of nitrogens with one attached hydrogen (secondary N) is 1. The third-order valence-corrected chi connectivity index (χ3v) is 14.6. The van der Waals surface area contributed by atoms with Gasteiger partial charge in [-0.3, -0.25) is 14.2 Å². The molecule has 0 spiro atoms. The highest BCUT2D eigenvalue weighted by Gasteiger charge is 2.35. The lowest BCUT2D eigenvalue weighted by Gasteiger charge is -2.36. The van der Waals surface area contributed by atoms with E-state index in [1.807, 2.05) is 30.3 Å². The number of hydrogen-bond donors (Lipinski definition) is 1. The number of aromatic nitrogens is 2. The van der Waals surface area contributed by atoms with E-state index in [0.717, 1.165) is 72.7 Å². The van der Waals surface area contributed by atoms with Gasteiger partial charge in [-0.15, -0.1) is 22.7 Å². The van der Waals surface area contributed by atoms with Crippen LogP contribution in [0.1, 0.15) is 99.2 Å². The van der Waals surface area contributed by atoms with Gasteiger partial charge < -0.3 is 5.32 Å². The van der Waals surface area contributed by atoms with Gasteiger partial charge in [-0.05, 0) is 77.9 Å². The molecule has 0 aliphatic heterocycles. The third kappa shape index (κ3) is 6.71. The number of aryl methyl sites for hydroxylation is 1. The molecule has 2 aliphatic carbocycles. The van der Waals surface area contributed by atoms with Crippen LogP contribution in [0.3, 0.4) is 0 Å². The Kier molecular flexibility index (Phi) is 9.77. The van der Waals surface area contributed by atoms with Crippen LogP contribution in [0, 0.1) is 34.0 Å². The molecule has 0 saturated heterocycles. The van der Waals surface area contributed by atoms with Crippen molar-refractivity contribution in [3.05, 3.63) is 72.7 Å². The Morgan fingerprint density at radius 2 is 1.62 bits per heavy atom. The molecule has 1 aromatic carbocycles. The van der Waals surface area contributed by atoms with Crippen LogP contribution in [-0.4, -0.2) is 21.2 Å². The number of hydrogen-bond acceptors (Lipinski definition) is 7. The Balaban J connectivity index is 1.27. The van der Waals surface area contributed by atoms with Crippen molar-refractivity contribution in [1.29, 1.82) is 5.26 Å². The summed E-state index contributed by atoms with van der Waals surface area (Å²) in [5.74, 6) is 1.07. The average molecular weight is 687 g/mol. The standard InChI is InChI=1S/C38H46N4O2S3/c1-7-37(3,4)24-14-16-26-28(20-39)33(46-29(26)18-24)40-31(43)22-45-36-41-34-32(35(44)42(36)21-23-12-10-9-11-13-23)27-17-15-25(19-30(27)47-34)38(5,6)8-2/h9-13,24-25H,7-8,14-19,21-22H2,1-6H3,(H,40,43)/t24-,25-/m0/s1. The Morgan fingerprint density at radius 1 is 1.00 bits per heavy atom. The molecule has 0 bridgehead atoms. The first kappa shape index (κ1) is 34.0. The second kappa shape index (κ2) is 13.5. The van der Waals surface area contributed by atoms with E-state index in [1.54, 1.807) is 27.2 Å². The lowest BCUT2D eigenvalue weighted by atomic mass is 9.69. The molecule has 2 atom stereocenters. The molecule has 0 radical (unpaired) electrons. The number of thioether (sulfide) groups is 1. The number of nitriles is 1. The monoisotopic (exact) mass is 686 g/mol. The Hall–Kier alpha value is -2.93. The summed E-state index contributed by atoms with van der Waals surface area (Å²) in [7, 11) is 0. The van der Waals surface area contributed by atoms with Gasteiger partial charge in [0, 0.05) is 9.75 Å². The smallest absolute Gasteiger partial charge is 0.263 e. The summed E-state index contributed by atoms with van der Waals surface area (Å²) in [4.78, 5) is 36.1. The highest BCUT2D eigenvalue weighted by molar-refractivity contribution is 7.99. The third-order valence-electron chi connectivity index (χ3n) is 11.3. The van der Waals surface area contributed by atoms with Gasteiger partial charge in [-0.25, -0.2) is 4.98 Å². The van der Waals surface area contributed by atoms with E-state index >= 15 is 0 Å². The second-order valence-electron chi connectivity index (χ2n) is 14.7. The summed E-state index contributed by atoms with van der Waals surface area (Å²) >= 11 is 4.52. The van der Waals surface area contributed by atoms with E-state index in [1.165, 1.54) is 27.1 Å². The van der Waals surface area contributed by atoms with Gasteiger partial charge in [0.2, 0.25) is 5.91 Å². The predicted molar refractivity (Wildman–Crippen MR) is 197 cm³/mol. The van der Waals surface area contributed by atoms with Crippen LogP contribution in [0.5, 0.6) is 0 Å². The van der Waals surface area contributed by atoms with Crippen molar-refractivity contribution in [3.8, 4) is 6.07 Å². The minimum absolute atomic E-state index is 0.0188. The highest BCUT2D eigenvalue weighted by atomic mass is 32.2. The largest absolute Gasteiger partial charge is 0.316 e. The van der Waals surface area contributed by atoms with Crippen LogP contribution in [0.25, 0.3) is 10.2 Å². The Morgan fingerprint density at radius 3 is 2.23 bits per heavy atom. The van der Waals surface area contributed by atoms with Crippen molar-refractivity contribution in [1.82, 2.24) is 9.55 Å². The van der Waals surface area contributed by atoms with Crippen molar-refractivity contribution < 1.29 is 4.79 Å². The zero-order valence-electron chi connectivity index (χ0n) is 28.5. The summed E-state index contributed by atoms with van der Waals surface area (Å²) < 4.78 is 1.75. The van der Waals surface area contributed by atoms with Gasteiger partial charge in [0.1, 0.15) is 15.9 Å². The number of carbonyl (C=O) groups is 1. The normalized spacial score (nSPS) is 18.1. The first-order valence-electron chi connectivity index (χ1n) is 17.0. The minimum Gasteiger partial charge on any atom is -0.316 e. The Bertz CT molecular complexity index is 1890. The summed E-state index contributed by atoms with van der Waals surface area (Å²) in [5, 5.41) is 15.1. The van der Waals surface area contributed by atoms with Crippen LogP contribution in [0.4, 0.5) is 5.00 Å². The summed E-state index contributed by atoms with van der Waals surface area (Å²) in [6.45, 7) is 14.3. The van der Waals surface area contributed by atoms with E-state index in [9.17, 15) is 14.9 Å². The molecule has 2 aliphatic rings. The quantitative estimate of drug-likeness (QED) is 0.133. The molecular formula is C38H46N4O2S3. The fourth-order valence-electron chi connectivity index (χ4n) is 7.25. The second-order valence-corrected chi connectivity index (χ2v) is 17.8. The average Bonchev–Trinajstić information content (AvgIpc) is 3.61. The molecule has 1 N–H and O–H groups in total. The van der Waals surface area contributed by atoms with Gasteiger partial charge >= 0.3 is 0 Å². The molecule has 9 heteroatoms. The maximum Gasteiger partial charge on any atom is 0.263 e. The van der Waals surface area contributed by atoms with Crippen molar-refractivity contribution in [3.63, 3.8) is 0 Å². The highest BCUT2D eigenvalue weighted by Crippen LogP contribution is 2.46. The van der Waals surface area contributed by atoms with Crippen LogP contribution in [-0.2, 0) is 37.0 Å². The molecule has 1 amide bonds. The fraction of sp³-hybridized carbons (Fsp3) is 0.526. The number of nitrogens with zero attached hydrogens (tertiary/aromatic N) is 3. The van der Waals surface area contributed by atoms with Crippen molar-refractivity contribution in [2.45, 2.75) is 105 Å². The van der Waals surface area contributed by atoms with Gasteiger partial charge in [-0.2, -0.15) is 5.26 Å². The van der Waals surface area contributed by atoms with E-state index in [4.69, 9.17) is 4.98 Å². The van der Waals surface area contributed by atoms with Crippen LogP contribution in [0.2, 0.25) is 0 Å². The first-order chi connectivity index (χ1) is 22.5. The molecule has 6 rings (SSSR count). The number of carbonyl (C=O) groups excluding carboxylic acids is 1. The van der Waals surface area contributed by atoms with Crippen molar-refractivity contribution in [2.75, 3.05) is 11.1 Å². The lowest BCUT2D eigenvalue weighted by Crippen LogP contribution is -2.29. The molecule has 0 saturated carbocycles. The summed E-state index contributed by atoms with van der Waals surface area (Å²) in [6, 6.07) is 12.4. The molecule has 6 nitrogen and oxygen atoms in total. The molecule has 3 heterocycles. The Labute approximate surface area is 291 Å². The zero-order chi connectivity index (χ0) is 33.5. The number of benzene rings is 1. The summed E-state index contributed by atoms with van der Waals surface area (Å²) in [6.07, 6.45) is 8.13. The number of rotatable bonds is 10. The molecule has 4 aromatic rings. The summed E-state index contributed by atoms with van der Waals surface area (Å²) in [5.41, 5.74) is 4.40. The molecule has 3 aromatic heterocycles. The van der Waals surface area contributed by atoms with Gasteiger partial charge in [0.15, 0.2) is 5.16 Å². The number of amides is 1. The van der Waals surface area contributed by atoms with Crippen molar-refractivity contribution in [2.24, 2.45) is 22.7 Å². The maximum atomic E-state index is 14.3. The topological polar surface area (TPSA) is 87.8 Å². The van der Waals surface area contributed by atoms with Crippen LogP contribution < -0.4 is 10.9 Å². The SMILES string of the molecule is CCC(C)(C)[C@H]1CCc2c(sc(NC(=O)CSc3nc4sc5c(c4c(=O)n3Cc3ccccc3)CC[C@H](C(C)(C)CC)C5)c2C#N)C1. The fourth-order valence-corrected chi connectivity index (χ4v) is 10.7. The van der Waals surface area contributed by atoms with E-state index in [-0.39, 0.29) is 28.0 Å². The molecule has 0 unspecified atom stereocenters. The molecule has 47 heavy (non-hydrogen) atoms. The molecule has 248 valence electrons. The number of thiophene rings is 2. The van der Waals surface area contributed by atoms with E-state index in [2.05, 4.69) is 52.9 Å². The zero-order valence-corrected chi connectivity index (χ0v) is 30.9. The van der Waals surface area contributed by atoms with Crippen molar-refractivity contribution >= 4 is 55.6 Å². The minimum atomic E-state index is -0.189. The van der Waals surface area contributed by atoms with Crippen LogP contribution >= 0.6 is 34.4 Å². The maximum absolute atomic E-state index is 14.3. The molecular weight excluding hydrogens is 641 g/mol. The van der Waals surface area contributed by atoms with Crippen LogP contribution in [0.15, 0.2) is 40.3 Å².